The molecular formula is C14H7ClOS2. The quantitative estimate of drug-likeness (QED) is 0.417. The zero-order chi connectivity index (χ0) is 12.1. The summed E-state index contributed by atoms with van der Waals surface area (Å²) in [5.41, 5.74) is 1.81. The second kappa shape index (κ2) is 3.85. The highest BCUT2D eigenvalue weighted by molar-refractivity contribution is 7.26. The summed E-state index contributed by atoms with van der Waals surface area (Å²) < 4.78 is 7.04. The first-order valence-corrected chi connectivity index (χ1v) is 7.54. The lowest BCUT2D eigenvalue weighted by Gasteiger charge is -1.90. The fraction of sp³-hybridized carbons (Fsp3) is 0. The van der Waals surface area contributed by atoms with Gasteiger partial charge in [0.1, 0.15) is 11.2 Å². The SMILES string of the molecule is Clc1ccc2c(c1)oc1cc(-c3cccs3)sc12. The number of benzene rings is 1. The van der Waals surface area contributed by atoms with Crippen LogP contribution in [0.3, 0.4) is 0 Å². The summed E-state index contributed by atoms with van der Waals surface area (Å²) in [5.74, 6) is 0. The van der Waals surface area contributed by atoms with Crippen LogP contribution in [0.25, 0.3) is 31.0 Å². The monoisotopic (exact) mass is 290 g/mol. The maximum atomic E-state index is 5.97. The molecule has 0 spiro atoms. The van der Waals surface area contributed by atoms with E-state index >= 15 is 0 Å². The van der Waals surface area contributed by atoms with E-state index in [0.29, 0.717) is 5.02 Å². The number of hydrogen-bond donors (Lipinski definition) is 0. The maximum Gasteiger partial charge on any atom is 0.146 e. The number of halogens is 1. The summed E-state index contributed by atoms with van der Waals surface area (Å²) in [6.45, 7) is 0. The Balaban J connectivity index is 2.02. The van der Waals surface area contributed by atoms with Crippen LogP contribution in [0, 0.1) is 0 Å². The molecule has 0 saturated carbocycles. The lowest BCUT2D eigenvalue weighted by Crippen LogP contribution is -1.64. The number of furan rings is 1. The zero-order valence-corrected chi connectivity index (χ0v) is 11.5. The highest BCUT2D eigenvalue weighted by atomic mass is 35.5. The summed E-state index contributed by atoms with van der Waals surface area (Å²) >= 11 is 9.49. The Morgan fingerprint density at radius 1 is 1.00 bits per heavy atom. The standard InChI is InChI=1S/C14H7ClOS2/c15-8-3-4-9-10(6-8)16-11-7-13(18-14(9)11)12-2-1-5-17-12/h1-7H. The van der Waals surface area contributed by atoms with Gasteiger partial charge in [-0.2, -0.15) is 0 Å². The van der Waals surface area contributed by atoms with Gasteiger partial charge in [-0.1, -0.05) is 17.7 Å². The van der Waals surface area contributed by atoms with Gasteiger partial charge in [0.2, 0.25) is 0 Å². The molecule has 18 heavy (non-hydrogen) atoms. The van der Waals surface area contributed by atoms with Gasteiger partial charge in [-0.05, 0) is 23.6 Å². The largest absolute Gasteiger partial charge is 0.455 e. The van der Waals surface area contributed by atoms with Crippen molar-refractivity contribution >= 4 is 55.5 Å². The van der Waals surface area contributed by atoms with Crippen LogP contribution in [0.4, 0.5) is 0 Å². The van der Waals surface area contributed by atoms with Crippen molar-refractivity contribution in [3.63, 3.8) is 0 Å². The molecule has 1 nitrogen and oxygen atoms in total. The zero-order valence-electron chi connectivity index (χ0n) is 9.14. The molecule has 0 unspecified atom stereocenters. The Hall–Kier alpha value is -1.29. The first-order chi connectivity index (χ1) is 8.81. The van der Waals surface area contributed by atoms with E-state index < -0.39 is 0 Å². The topological polar surface area (TPSA) is 13.1 Å². The summed E-state index contributed by atoms with van der Waals surface area (Å²) in [7, 11) is 0. The molecule has 0 radical (unpaired) electrons. The van der Waals surface area contributed by atoms with Gasteiger partial charge in [0.05, 0.1) is 4.70 Å². The van der Waals surface area contributed by atoms with Crippen LogP contribution in [-0.2, 0) is 0 Å². The summed E-state index contributed by atoms with van der Waals surface area (Å²) in [6, 6.07) is 12.1. The Labute approximate surface area is 116 Å². The maximum absolute atomic E-state index is 5.97. The van der Waals surface area contributed by atoms with Crippen LogP contribution in [-0.4, -0.2) is 0 Å². The van der Waals surface area contributed by atoms with Gasteiger partial charge in [0.25, 0.3) is 0 Å². The normalized spacial score (nSPS) is 11.6. The van der Waals surface area contributed by atoms with Gasteiger partial charge in [-0.3, -0.25) is 0 Å². The Morgan fingerprint density at radius 3 is 2.78 bits per heavy atom. The first-order valence-electron chi connectivity index (χ1n) is 5.47. The Kier molecular flexibility index (Phi) is 2.27. The average molecular weight is 291 g/mol. The van der Waals surface area contributed by atoms with Crippen LogP contribution < -0.4 is 0 Å². The van der Waals surface area contributed by atoms with Gasteiger partial charge >= 0.3 is 0 Å². The highest BCUT2D eigenvalue weighted by Crippen LogP contribution is 2.41. The molecule has 0 fully saturated rings. The fourth-order valence-corrected chi connectivity index (χ4v) is 4.17. The molecule has 0 aliphatic rings. The predicted octanol–water partition coefficient (Wildman–Crippen LogP) is 6.03. The third kappa shape index (κ3) is 1.52. The van der Waals surface area contributed by atoms with E-state index in [-0.39, 0.29) is 0 Å². The molecular weight excluding hydrogens is 284 g/mol. The highest BCUT2D eigenvalue weighted by Gasteiger charge is 2.12. The van der Waals surface area contributed by atoms with E-state index in [1.807, 2.05) is 18.2 Å². The van der Waals surface area contributed by atoms with Crippen molar-refractivity contribution in [2.75, 3.05) is 0 Å². The summed E-state index contributed by atoms with van der Waals surface area (Å²) in [4.78, 5) is 2.55. The number of thiophene rings is 2. The molecule has 1 aromatic carbocycles. The lowest BCUT2D eigenvalue weighted by atomic mass is 10.2. The van der Waals surface area contributed by atoms with Gasteiger partial charge in [-0.15, -0.1) is 22.7 Å². The first kappa shape index (κ1) is 10.6. The third-order valence-corrected chi connectivity index (χ3v) is 5.32. The predicted molar refractivity (Wildman–Crippen MR) is 79.9 cm³/mol. The van der Waals surface area contributed by atoms with Crippen LogP contribution >= 0.6 is 34.3 Å². The van der Waals surface area contributed by atoms with E-state index in [0.717, 1.165) is 16.6 Å². The van der Waals surface area contributed by atoms with Crippen LogP contribution in [0.2, 0.25) is 5.02 Å². The molecule has 4 aromatic rings. The lowest BCUT2D eigenvalue weighted by molar-refractivity contribution is 0.670. The van der Waals surface area contributed by atoms with Crippen molar-refractivity contribution in [3.8, 4) is 9.75 Å². The molecule has 0 aliphatic carbocycles. The van der Waals surface area contributed by atoms with Crippen molar-refractivity contribution in [3.05, 3.63) is 46.8 Å². The number of fused-ring (bicyclic) bond motifs is 3. The molecule has 3 aromatic heterocycles. The Morgan fingerprint density at radius 2 is 1.94 bits per heavy atom. The molecule has 0 amide bonds. The molecule has 4 rings (SSSR count). The van der Waals surface area contributed by atoms with Crippen molar-refractivity contribution < 1.29 is 4.42 Å². The van der Waals surface area contributed by atoms with E-state index in [2.05, 4.69) is 23.6 Å². The van der Waals surface area contributed by atoms with Gasteiger partial charge in [0.15, 0.2) is 0 Å². The second-order valence-corrected chi connectivity index (χ2v) is 6.46. The molecule has 3 heterocycles. The van der Waals surface area contributed by atoms with E-state index in [1.54, 1.807) is 22.7 Å². The van der Waals surface area contributed by atoms with E-state index in [1.165, 1.54) is 14.5 Å². The number of rotatable bonds is 1. The Bertz CT molecular complexity index is 839. The molecule has 88 valence electrons. The minimum absolute atomic E-state index is 0.711. The molecule has 0 saturated heterocycles. The second-order valence-electron chi connectivity index (χ2n) is 4.02. The molecule has 0 N–H and O–H groups in total. The smallest absolute Gasteiger partial charge is 0.146 e. The minimum Gasteiger partial charge on any atom is -0.455 e. The van der Waals surface area contributed by atoms with Crippen molar-refractivity contribution in [1.82, 2.24) is 0 Å². The van der Waals surface area contributed by atoms with E-state index in [9.17, 15) is 0 Å². The summed E-state index contributed by atoms with van der Waals surface area (Å²) in [5, 5.41) is 3.94. The fourth-order valence-electron chi connectivity index (χ4n) is 2.06. The molecule has 0 bridgehead atoms. The van der Waals surface area contributed by atoms with Gasteiger partial charge in [-0.25, -0.2) is 0 Å². The van der Waals surface area contributed by atoms with E-state index in [4.69, 9.17) is 16.0 Å². The minimum atomic E-state index is 0.711. The molecule has 4 heteroatoms. The third-order valence-electron chi connectivity index (χ3n) is 2.87. The van der Waals surface area contributed by atoms with Crippen molar-refractivity contribution in [2.45, 2.75) is 0 Å². The molecule has 0 atom stereocenters. The summed E-state index contributed by atoms with van der Waals surface area (Å²) in [6.07, 6.45) is 0. The van der Waals surface area contributed by atoms with Crippen LogP contribution in [0.15, 0.2) is 46.2 Å². The van der Waals surface area contributed by atoms with Crippen molar-refractivity contribution in [2.24, 2.45) is 0 Å². The van der Waals surface area contributed by atoms with Gasteiger partial charge < -0.3 is 4.42 Å². The van der Waals surface area contributed by atoms with Gasteiger partial charge in [0, 0.05) is 32.3 Å². The average Bonchev–Trinajstić information content (AvgIpc) is 3.01. The van der Waals surface area contributed by atoms with Crippen LogP contribution in [0.5, 0.6) is 0 Å². The van der Waals surface area contributed by atoms with Crippen molar-refractivity contribution in [1.29, 1.82) is 0 Å². The van der Waals surface area contributed by atoms with Crippen LogP contribution in [0.1, 0.15) is 0 Å². The number of hydrogen-bond acceptors (Lipinski definition) is 3. The molecule has 0 aliphatic heterocycles.